The molecule has 0 radical (unpaired) electrons. The summed E-state index contributed by atoms with van der Waals surface area (Å²) < 4.78 is 43.9. The van der Waals surface area contributed by atoms with Crippen LogP contribution in [-0.2, 0) is 10.0 Å². The number of nitrogens with one attached hydrogen (secondary N) is 2. The van der Waals surface area contributed by atoms with Gasteiger partial charge in [0.05, 0.1) is 23.1 Å². The lowest BCUT2D eigenvalue weighted by Gasteiger charge is -2.20. The number of fused-ring (bicyclic) bond motifs is 1. The molecule has 1 heterocycles. The van der Waals surface area contributed by atoms with Crippen molar-refractivity contribution in [3.05, 3.63) is 77.7 Å². The number of anilines is 2. The topological polar surface area (TPSA) is 102 Å². The highest BCUT2D eigenvalue weighted by Gasteiger charge is 2.23. The maximum Gasteiger partial charge on any atom is 0.243 e. The van der Waals surface area contributed by atoms with E-state index in [0.717, 1.165) is 27.8 Å². The lowest BCUT2D eigenvalue weighted by molar-refractivity contribution is 0.548. The maximum atomic E-state index is 13.2. The van der Waals surface area contributed by atoms with Crippen molar-refractivity contribution in [1.82, 2.24) is 14.5 Å². The molecule has 0 fully saturated rings. The minimum Gasteiger partial charge on any atom is -0.398 e. The van der Waals surface area contributed by atoms with Crippen molar-refractivity contribution >= 4 is 32.3 Å². The monoisotopic (exact) mass is 481 g/mol. The summed E-state index contributed by atoms with van der Waals surface area (Å²) >= 11 is 0. The van der Waals surface area contributed by atoms with E-state index in [2.05, 4.69) is 15.1 Å². The molecule has 0 aliphatic rings. The number of halogens is 1. The fraction of sp³-hybridized carbons (Fsp3) is 0.240. The van der Waals surface area contributed by atoms with E-state index in [-0.39, 0.29) is 22.4 Å². The van der Waals surface area contributed by atoms with Gasteiger partial charge in [-0.1, -0.05) is 13.0 Å². The number of sulfonamides is 1. The van der Waals surface area contributed by atoms with E-state index < -0.39 is 10.0 Å². The van der Waals surface area contributed by atoms with Gasteiger partial charge in [0, 0.05) is 23.7 Å². The summed E-state index contributed by atoms with van der Waals surface area (Å²) in [4.78, 5) is 0.131. The number of nitrogens with zero attached hydrogens (tertiary/aromatic N) is 2. The molecule has 4 N–H and O–H groups in total. The average molecular weight is 482 g/mol. The third-order valence-electron chi connectivity index (χ3n) is 5.72. The lowest BCUT2D eigenvalue weighted by atomic mass is 10.1. The zero-order valence-electron chi connectivity index (χ0n) is 19.3. The van der Waals surface area contributed by atoms with E-state index >= 15 is 0 Å². The van der Waals surface area contributed by atoms with Gasteiger partial charge in [-0.05, 0) is 79.9 Å². The van der Waals surface area contributed by atoms with Crippen LogP contribution in [0.3, 0.4) is 0 Å². The highest BCUT2D eigenvalue weighted by Crippen LogP contribution is 2.25. The number of rotatable bonds is 8. The van der Waals surface area contributed by atoms with Crippen molar-refractivity contribution in [2.24, 2.45) is 0 Å². The van der Waals surface area contributed by atoms with Gasteiger partial charge in [0.2, 0.25) is 10.0 Å². The molecule has 0 amide bonds. The Bertz CT molecular complexity index is 1410. The summed E-state index contributed by atoms with van der Waals surface area (Å²) in [5.74, 6) is -0.298. The number of hydrogen-bond acceptors (Lipinski definition) is 5. The molecule has 0 aliphatic heterocycles. The van der Waals surface area contributed by atoms with E-state index in [1.54, 1.807) is 36.0 Å². The average Bonchev–Trinajstić information content (AvgIpc) is 3.19. The van der Waals surface area contributed by atoms with Gasteiger partial charge in [-0.15, -0.1) is 0 Å². The van der Waals surface area contributed by atoms with Gasteiger partial charge in [-0.3, -0.25) is 0 Å². The summed E-state index contributed by atoms with van der Waals surface area (Å²) in [5.41, 5.74) is 10.3. The molecule has 1 atom stereocenters. The van der Waals surface area contributed by atoms with Gasteiger partial charge in [-0.2, -0.15) is 5.10 Å². The molecular formula is C25H28FN5O2S. The maximum absolute atomic E-state index is 13.2. The van der Waals surface area contributed by atoms with Crippen LogP contribution < -0.4 is 15.8 Å². The van der Waals surface area contributed by atoms with E-state index in [4.69, 9.17) is 5.73 Å². The number of aryl methyl sites for hydroxylation is 2. The molecule has 9 heteroatoms. The van der Waals surface area contributed by atoms with Gasteiger partial charge in [0.25, 0.3) is 0 Å². The zero-order chi connectivity index (χ0) is 24.5. The molecule has 34 heavy (non-hydrogen) atoms. The minimum atomic E-state index is -3.77. The Balaban J connectivity index is 1.48. The Kier molecular flexibility index (Phi) is 6.58. The fourth-order valence-electron chi connectivity index (χ4n) is 4.07. The van der Waals surface area contributed by atoms with Gasteiger partial charge >= 0.3 is 0 Å². The van der Waals surface area contributed by atoms with Crippen molar-refractivity contribution in [2.75, 3.05) is 17.6 Å². The smallest absolute Gasteiger partial charge is 0.243 e. The summed E-state index contributed by atoms with van der Waals surface area (Å²) in [7, 11) is -3.77. The van der Waals surface area contributed by atoms with Crippen molar-refractivity contribution in [3.63, 3.8) is 0 Å². The highest BCUT2D eigenvalue weighted by molar-refractivity contribution is 7.89. The highest BCUT2D eigenvalue weighted by atomic mass is 32.2. The number of benzene rings is 3. The minimum absolute atomic E-state index is 0.131. The lowest BCUT2D eigenvalue weighted by Crippen LogP contribution is -2.39. The molecule has 0 bridgehead atoms. The molecule has 0 unspecified atom stereocenters. The second-order valence-corrected chi connectivity index (χ2v) is 10.1. The van der Waals surface area contributed by atoms with E-state index in [1.165, 1.54) is 12.1 Å². The second-order valence-electron chi connectivity index (χ2n) is 8.41. The van der Waals surface area contributed by atoms with Gasteiger partial charge < -0.3 is 11.1 Å². The Labute approximate surface area is 198 Å². The Hall–Kier alpha value is -3.43. The van der Waals surface area contributed by atoms with Gasteiger partial charge in [0.1, 0.15) is 10.7 Å². The third kappa shape index (κ3) is 4.90. The first-order valence-electron chi connectivity index (χ1n) is 11.0. The predicted octanol–water partition coefficient (Wildman–Crippen LogP) is 4.53. The van der Waals surface area contributed by atoms with Crippen molar-refractivity contribution < 1.29 is 12.8 Å². The van der Waals surface area contributed by atoms with Crippen molar-refractivity contribution in [1.29, 1.82) is 0 Å². The molecule has 7 nitrogen and oxygen atoms in total. The predicted molar refractivity (Wildman–Crippen MR) is 134 cm³/mol. The van der Waals surface area contributed by atoms with Crippen LogP contribution >= 0.6 is 0 Å². The molecule has 1 aromatic heterocycles. The molecule has 3 aromatic carbocycles. The number of aromatic nitrogens is 2. The summed E-state index contributed by atoms with van der Waals surface area (Å²) in [6.07, 6.45) is 2.34. The van der Waals surface area contributed by atoms with Crippen LogP contribution in [-0.4, -0.2) is 30.8 Å². The van der Waals surface area contributed by atoms with Crippen LogP contribution in [0, 0.1) is 19.7 Å². The Morgan fingerprint density at radius 1 is 1.09 bits per heavy atom. The molecule has 0 saturated carbocycles. The largest absolute Gasteiger partial charge is 0.398 e. The van der Waals surface area contributed by atoms with Crippen LogP contribution in [0.1, 0.15) is 24.5 Å². The van der Waals surface area contributed by atoms with E-state index in [9.17, 15) is 12.8 Å². The Morgan fingerprint density at radius 2 is 1.82 bits per heavy atom. The third-order valence-corrected chi connectivity index (χ3v) is 7.46. The quantitative estimate of drug-likeness (QED) is 0.321. The fourth-order valence-corrected chi connectivity index (χ4v) is 5.73. The second kappa shape index (κ2) is 9.44. The first kappa shape index (κ1) is 23.7. The zero-order valence-corrected chi connectivity index (χ0v) is 20.2. The summed E-state index contributed by atoms with van der Waals surface area (Å²) in [6, 6.07) is 15.1. The molecule has 178 valence electrons. The van der Waals surface area contributed by atoms with Crippen molar-refractivity contribution in [2.45, 2.75) is 38.1 Å². The van der Waals surface area contributed by atoms with Gasteiger partial charge in [-0.25, -0.2) is 22.2 Å². The SMILES string of the molecule is CC[C@@H](CNc1ccc2c(cnn2-c2ccc(F)cc2)c1)NS(=O)(=O)c1c(C)cc(C)cc1N. The molecule has 4 aromatic rings. The summed E-state index contributed by atoms with van der Waals surface area (Å²) in [6.45, 7) is 5.96. The standard InChI is InChI=1S/C25H28FN5O2S/c1-4-20(30-34(32,33)25-17(3)11-16(2)12-23(25)27)15-28-21-7-10-24-18(13-21)14-29-31(24)22-8-5-19(26)6-9-22/h5-14,20,28,30H,4,15,27H2,1-3H3/t20-/m0/s1. The van der Waals surface area contributed by atoms with Crippen molar-refractivity contribution in [3.8, 4) is 5.69 Å². The Morgan fingerprint density at radius 3 is 2.50 bits per heavy atom. The molecule has 4 rings (SSSR count). The molecule has 0 spiro atoms. The van der Waals surface area contributed by atoms with Crippen LogP contribution in [0.5, 0.6) is 0 Å². The van der Waals surface area contributed by atoms with E-state index in [0.29, 0.717) is 18.5 Å². The van der Waals surface area contributed by atoms with E-state index in [1.807, 2.05) is 38.1 Å². The van der Waals surface area contributed by atoms with Crippen LogP contribution in [0.2, 0.25) is 0 Å². The first-order chi connectivity index (χ1) is 16.2. The number of hydrogen-bond donors (Lipinski definition) is 3. The van der Waals surface area contributed by atoms with Crippen LogP contribution in [0.15, 0.2) is 65.7 Å². The van der Waals surface area contributed by atoms with Gasteiger partial charge in [0.15, 0.2) is 0 Å². The number of nitrogens with two attached hydrogens (primary N) is 1. The first-order valence-corrected chi connectivity index (χ1v) is 12.5. The summed E-state index contributed by atoms with van der Waals surface area (Å²) in [5, 5.41) is 8.64. The number of nitrogen functional groups attached to an aromatic ring is 1. The molecule has 0 saturated heterocycles. The normalized spacial score (nSPS) is 12.7. The molecular weight excluding hydrogens is 453 g/mol. The van der Waals surface area contributed by atoms with Crippen LogP contribution in [0.25, 0.3) is 16.6 Å². The molecule has 0 aliphatic carbocycles. The van der Waals surface area contributed by atoms with Crippen LogP contribution in [0.4, 0.5) is 15.8 Å².